The maximum Gasteiger partial charge on any atom is 0.216 e. The number of nitrogens with two attached hydrogens (primary N) is 1. The van der Waals surface area contributed by atoms with E-state index >= 15 is 0 Å². The average Bonchev–Trinajstić information content (AvgIpc) is 3.08. The Kier molecular flexibility index (Phi) is 7.60. The Morgan fingerprint density at radius 3 is 2.27 bits per heavy atom. The molecule has 0 bridgehead atoms. The third-order valence-corrected chi connectivity index (χ3v) is 3.11. The summed E-state index contributed by atoms with van der Waals surface area (Å²) in [4.78, 5) is 4.17. The first-order chi connectivity index (χ1) is 10.7. The topological polar surface area (TPSA) is 47.6 Å². The van der Waals surface area contributed by atoms with E-state index in [1.807, 2.05) is 24.3 Å². The van der Waals surface area contributed by atoms with Gasteiger partial charge in [0.15, 0.2) is 0 Å². The molecule has 2 aromatic carbocycles. The molecule has 0 fully saturated rings. The lowest BCUT2D eigenvalue weighted by molar-refractivity contribution is 0.348. The standard InChI is InChI=1S/C9H9ClN2O.C7H8.C2H2/c10-7-2-1-6(5-8(7)11)9-12-3-4-13-9;1-7-5-3-2-4-6-7;1-2/h1-2,5H,3-4,11H2;2-6H,1H3;1-2H. The van der Waals surface area contributed by atoms with Crippen molar-refractivity contribution in [3.05, 3.63) is 64.7 Å². The molecule has 1 heterocycles. The molecule has 0 amide bonds. The Hall–Kier alpha value is -2.44. The van der Waals surface area contributed by atoms with Gasteiger partial charge in [0.2, 0.25) is 5.90 Å². The quantitative estimate of drug-likeness (QED) is 0.640. The van der Waals surface area contributed by atoms with Crippen LogP contribution in [0.2, 0.25) is 5.02 Å². The van der Waals surface area contributed by atoms with E-state index in [-0.39, 0.29) is 0 Å². The van der Waals surface area contributed by atoms with E-state index in [0.717, 1.165) is 12.1 Å². The van der Waals surface area contributed by atoms with E-state index in [9.17, 15) is 0 Å². The number of benzene rings is 2. The van der Waals surface area contributed by atoms with Crippen LogP contribution >= 0.6 is 11.6 Å². The summed E-state index contributed by atoms with van der Waals surface area (Å²) in [6.07, 6.45) is 8.00. The fourth-order valence-corrected chi connectivity index (χ4v) is 1.84. The molecule has 0 unspecified atom stereocenters. The van der Waals surface area contributed by atoms with Gasteiger partial charge in [-0.3, -0.25) is 0 Å². The average molecular weight is 315 g/mol. The summed E-state index contributed by atoms with van der Waals surface area (Å²) in [6.45, 7) is 3.45. The van der Waals surface area contributed by atoms with Crippen LogP contribution in [0, 0.1) is 19.8 Å². The Bertz CT molecular complexity index is 636. The van der Waals surface area contributed by atoms with E-state index in [1.54, 1.807) is 12.1 Å². The van der Waals surface area contributed by atoms with Gasteiger partial charge in [0.1, 0.15) is 6.61 Å². The molecular formula is C18H19ClN2O. The molecule has 0 aliphatic carbocycles. The van der Waals surface area contributed by atoms with Crippen LogP contribution in [0.1, 0.15) is 11.1 Å². The summed E-state index contributed by atoms with van der Waals surface area (Å²) >= 11 is 5.78. The molecule has 0 saturated carbocycles. The van der Waals surface area contributed by atoms with Gasteiger partial charge in [0.05, 0.1) is 17.3 Å². The summed E-state index contributed by atoms with van der Waals surface area (Å²) in [7, 11) is 0. The third kappa shape index (κ3) is 5.51. The predicted molar refractivity (Wildman–Crippen MR) is 94.3 cm³/mol. The van der Waals surface area contributed by atoms with Gasteiger partial charge >= 0.3 is 0 Å². The second-order valence-electron chi connectivity index (χ2n) is 4.43. The van der Waals surface area contributed by atoms with E-state index in [1.165, 1.54) is 5.56 Å². The Morgan fingerprint density at radius 2 is 1.82 bits per heavy atom. The highest BCUT2D eigenvalue weighted by molar-refractivity contribution is 6.33. The normalized spacial score (nSPS) is 11.9. The van der Waals surface area contributed by atoms with Crippen LogP contribution in [-0.2, 0) is 4.74 Å². The molecule has 4 heteroatoms. The number of terminal acetylenes is 1. The number of rotatable bonds is 1. The Labute approximate surface area is 136 Å². The Morgan fingerprint density at radius 1 is 1.14 bits per heavy atom. The Balaban J connectivity index is 0.000000228. The number of hydrogen-bond acceptors (Lipinski definition) is 3. The molecule has 3 nitrogen and oxygen atoms in total. The first kappa shape index (κ1) is 17.6. The lowest BCUT2D eigenvalue weighted by Gasteiger charge is -2.03. The number of halogens is 1. The van der Waals surface area contributed by atoms with E-state index in [2.05, 4.69) is 36.9 Å². The predicted octanol–water partition coefficient (Wildman–Crippen LogP) is 3.94. The largest absolute Gasteiger partial charge is 0.476 e. The molecule has 2 aromatic rings. The number of aryl methyl sites for hydroxylation is 1. The molecule has 1 aliphatic heterocycles. The van der Waals surface area contributed by atoms with Crippen molar-refractivity contribution in [1.29, 1.82) is 0 Å². The summed E-state index contributed by atoms with van der Waals surface area (Å²) in [5.74, 6) is 0.656. The zero-order valence-electron chi connectivity index (χ0n) is 12.5. The van der Waals surface area contributed by atoms with Gasteiger partial charge < -0.3 is 10.5 Å². The fourth-order valence-electron chi connectivity index (χ4n) is 1.72. The fraction of sp³-hybridized carbons (Fsp3) is 0.167. The molecule has 3 rings (SSSR count). The van der Waals surface area contributed by atoms with Crippen molar-refractivity contribution in [2.24, 2.45) is 4.99 Å². The summed E-state index contributed by atoms with van der Waals surface area (Å²) in [5, 5.41) is 0.558. The monoisotopic (exact) mass is 314 g/mol. The van der Waals surface area contributed by atoms with Crippen molar-refractivity contribution in [1.82, 2.24) is 0 Å². The van der Waals surface area contributed by atoms with Crippen LogP contribution in [0.4, 0.5) is 5.69 Å². The SMILES string of the molecule is C#C.Cc1ccccc1.Nc1cc(C2=NCCO2)ccc1Cl. The number of nitrogens with zero attached hydrogens (tertiary/aromatic N) is 1. The highest BCUT2D eigenvalue weighted by atomic mass is 35.5. The lowest BCUT2D eigenvalue weighted by atomic mass is 10.2. The van der Waals surface area contributed by atoms with Gasteiger partial charge in [-0.05, 0) is 25.1 Å². The number of hydrogen-bond donors (Lipinski definition) is 1. The van der Waals surface area contributed by atoms with Crippen LogP contribution < -0.4 is 5.73 Å². The van der Waals surface area contributed by atoms with Crippen LogP contribution in [-0.4, -0.2) is 19.0 Å². The minimum absolute atomic E-state index is 0.553. The molecular weight excluding hydrogens is 296 g/mol. The molecule has 1 aliphatic rings. The zero-order valence-corrected chi connectivity index (χ0v) is 13.3. The van der Waals surface area contributed by atoms with Gasteiger partial charge in [-0.25, -0.2) is 4.99 Å². The van der Waals surface area contributed by atoms with Gasteiger partial charge in [-0.1, -0.05) is 47.5 Å². The molecule has 2 N–H and O–H groups in total. The van der Waals surface area contributed by atoms with Crippen molar-refractivity contribution in [2.75, 3.05) is 18.9 Å². The zero-order chi connectivity index (χ0) is 16.4. The molecule has 0 spiro atoms. The van der Waals surface area contributed by atoms with Gasteiger partial charge in [0, 0.05) is 5.56 Å². The maximum absolute atomic E-state index is 5.78. The van der Waals surface area contributed by atoms with Crippen molar-refractivity contribution < 1.29 is 4.74 Å². The number of aliphatic imine (C=N–C) groups is 1. The first-order valence-electron chi connectivity index (χ1n) is 6.74. The molecule has 114 valence electrons. The summed E-state index contributed by atoms with van der Waals surface area (Å²) in [6, 6.07) is 15.6. The van der Waals surface area contributed by atoms with Gasteiger partial charge in [-0.2, -0.15) is 0 Å². The van der Waals surface area contributed by atoms with Crippen molar-refractivity contribution in [3.8, 4) is 12.8 Å². The number of anilines is 1. The molecule has 0 atom stereocenters. The molecule has 0 saturated heterocycles. The number of ether oxygens (including phenoxy) is 1. The second kappa shape index (κ2) is 9.49. The molecule has 0 radical (unpaired) electrons. The van der Waals surface area contributed by atoms with Crippen LogP contribution in [0.25, 0.3) is 0 Å². The van der Waals surface area contributed by atoms with Gasteiger partial charge in [0.25, 0.3) is 0 Å². The molecule has 22 heavy (non-hydrogen) atoms. The van der Waals surface area contributed by atoms with Crippen molar-refractivity contribution in [3.63, 3.8) is 0 Å². The van der Waals surface area contributed by atoms with Crippen LogP contribution in [0.3, 0.4) is 0 Å². The highest BCUT2D eigenvalue weighted by Gasteiger charge is 2.10. The lowest BCUT2D eigenvalue weighted by Crippen LogP contribution is -2.01. The highest BCUT2D eigenvalue weighted by Crippen LogP contribution is 2.20. The minimum atomic E-state index is 0.553. The maximum atomic E-state index is 5.78. The van der Waals surface area contributed by atoms with Crippen molar-refractivity contribution >= 4 is 23.2 Å². The van der Waals surface area contributed by atoms with Crippen molar-refractivity contribution in [2.45, 2.75) is 6.92 Å². The van der Waals surface area contributed by atoms with E-state index in [0.29, 0.717) is 23.2 Å². The van der Waals surface area contributed by atoms with Crippen LogP contribution in [0.15, 0.2) is 53.5 Å². The summed E-state index contributed by atoms with van der Waals surface area (Å²) in [5.41, 5.74) is 8.41. The van der Waals surface area contributed by atoms with E-state index < -0.39 is 0 Å². The first-order valence-corrected chi connectivity index (χ1v) is 7.12. The smallest absolute Gasteiger partial charge is 0.216 e. The van der Waals surface area contributed by atoms with Crippen LogP contribution in [0.5, 0.6) is 0 Å². The minimum Gasteiger partial charge on any atom is -0.476 e. The van der Waals surface area contributed by atoms with E-state index in [4.69, 9.17) is 22.1 Å². The second-order valence-corrected chi connectivity index (χ2v) is 4.83. The summed E-state index contributed by atoms with van der Waals surface area (Å²) < 4.78 is 5.29. The van der Waals surface area contributed by atoms with Gasteiger partial charge in [-0.15, -0.1) is 12.8 Å². The molecule has 0 aromatic heterocycles. The third-order valence-electron chi connectivity index (χ3n) is 2.77. The number of nitrogen functional groups attached to an aromatic ring is 1.